The monoisotopic (exact) mass is 191 g/mol. The van der Waals surface area contributed by atoms with Crippen LogP contribution in [0.3, 0.4) is 0 Å². The van der Waals surface area contributed by atoms with Gasteiger partial charge < -0.3 is 5.73 Å². The number of H-pyrrole nitrogens is 1. The second-order valence-electron chi connectivity index (χ2n) is 3.06. The van der Waals surface area contributed by atoms with Crippen molar-refractivity contribution in [3.05, 3.63) is 39.0 Å². The molecule has 2 rings (SSSR count). The van der Waals surface area contributed by atoms with Crippen molar-refractivity contribution in [3.63, 3.8) is 0 Å². The molecular formula is C9H9N3O2. The number of rotatable bonds is 0. The Hall–Kier alpha value is -2.04. The van der Waals surface area contributed by atoms with Crippen molar-refractivity contribution in [2.75, 3.05) is 5.73 Å². The van der Waals surface area contributed by atoms with Crippen molar-refractivity contribution in [1.29, 1.82) is 0 Å². The molecule has 0 spiro atoms. The lowest BCUT2D eigenvalue weighted by atomic mass is 10.2. The highest BCUT2D eigenvalue weighted by Gasteiger charge is 2.05. The Kier molecular flexibility index (Phi) is 1.67. The van der Waals surface area contributed by atoms with Crippen molar-refractivity contribution >= 4 is 16.6 Å². The first-order valence-electron chi connectivity index (χ1n) is 4.09. The van der Waals surface area contributed by atoms with E-state index in [-0.39, 0.29) is 0 Å². The van der Waals surface area contributed by atoms with E-state index in [1.807, 2.05) is 0 Å². The Bertz CT molecular complexity index is 609. The largest absolute Gasteiger partial charge is 0.398 e. The maximum Gasteiger partial charge on any atom is 0.328 e. The standard InChI is InChI=1S/C9H9N3O2/c1-12-6-4-2-3-5(10)7(6)8(13)11-9(12)14/h2-4H,10H2,1H3,(H,11,13,14). The van der Waals surface area contributed by atoms with Gasteiger partial charge >= 0.3 is 5.69 Å². The van der Waals surface area contributed by atoms with E-state index < -0.39 is 11.2 Å². The van der Waals surface area contributed by atoms with Crippen molar-refractivity contribution < 1.29 is 0 Å². The molecule has 0 aliphatic heterocycles. The molecule has 0 aliphatic rings. The van der Waals surface area contributed by atoms with Gasteiger partial charge in [0, 0.05) is 12.7 Å². The molecule has 14 heavy (non-hydrogen) atoms. The summed E-state index contributed by atoms with van der Waals surface area (Å²) >= 11 is 0. The van der Waals surface area contributed by atoms with Gasteiger partial charge in [0.1, 0.15) is 0 Å². The molecule has 3 N–H and O–H groups in total. The highest BCUT2D eigenvalue weighted by molar-refractivity contribution is 5.89. The van der Waals surface area contributed by atoms with Crippen LogP contribution in [0.4, 0.5) is 5.69 Å². The van der Waals surface area contributed by atoms with Gasteiger partial charge in [0.15, 0.2) is 0 Å². The third kappa shape index (κ3) is 1.02. The van der Waals surface area contributed by atoms with Gasteiger partial charge in [-0.3, -0.25) is 14.3 Å². The SMILES string of the molecule is Cn1c(=O)[nH]c(=O)c2c(N)cccc21. The van der Waals surface area contributed by atoms with Crippen LogP contribution in [0.25, 0.3) is 10.9 Å². The molecule has 1 heterocycles. The van der Waals surface area contributed by atoms with E-state index in [4.69, 9.17) is 5.73 Å². The second kappa shape index (κ2) is 2.73. The minimum atomic E-state index is -0.443. The number of anilines is 1. The first kappa shape index (κ1) is 8.55. The summed E-state index contributed by atoms with van der Waals surface area (Å²) in [5, 5.41) is 0.356. The van der Waals surface area contributed by atoms with Crippen LogP contribution in [0.5, 0.6) is 0 Å². The van der Waals surface area contributed by atoms with E-state index in [1.165, 1.54) is 4.57 Å². The van der Waals surface area contributed by atoms with Crippen LogP contribution in [0, 0.1) is 0 Å². The van der Waals surface area contributed by atoms with Gasteiger partial charge in [-0.2, -0.15) is 0 Å². The average Bonchev–Trinajstić information content (AvgIpc) is 2.14. The maximum absolute atomic E-state index is 11.4. The lowest BCUT2D eigenvalue weighted by molar-refractivity contribution is 0.843. The summed E-state index contributed by atoms with van der Waals surface area (Å²) < 4.78 is 1.35. The first-order valence-corrected chi connectivity index (χ1v) is 4.09. The third-order valence-electron chi connectivity index (χ3n) is 2.19. The van der Waals surface area contributed by atoms with Crippen LogP contribution < -0.4 is 17.0 Å². The predicted octanol–water partition coefficient (Wildman–Crippen LogP) is -0.191. The van der Waals surface area contributed by atoms with Crippen molar-refractivity contribution in [3.8, 4) is 0 Å². The third-order valence-corrected chi connectivity index (χ3v) is 2.19. The summed E-state index contributed by atoms with van der Waals surface area (Å²) in [6, 6.07) is 5.01. The number of aryl methyl sites for hydroxylation is 1. The van der Waals surface area contributed by atoms with E-state index >= 15 is 0 Å². The Morgan fingerprint density at radius 3 is 2.79 bits per heavy atom. The van der Waals surface area contributed by atoms with Crippen LogP contribution >= 0.6 is 0 Å². The van der Waals surface area contributed by atoms with E-state index in [0.29, 0.717) is 16.6 Å². The smallest absolute Gasteiger partial charge is 0.328 e. The molecule has 0 fully saturated rings. The number of aromatic amines is 1. The van der Waals surface area contributed by atoms with E-state index in [0.717, 1.165) is 0 Å². The number of hydrogen-bond acceptors (Lipinski definition) is 3. The fourth-order valence-corrected chi connectivity index (χ4v) is 1.44. The van der Waals surface area contributed by atoms with Gasteiger partial charge in [0.2, 0.25) is 0 Å². The molecule has 0 aliphatic carbocycles. The van der Waals surface area contributed by atoms with E-state index in [9.17, 15) is 9.59 Å². The molecule has 5 heteroatoms. The zero-order valence-corrected chi connectivity index (χ0v) is 7.57. The van der Waals surface area contributed by atoms with Crippen LogP contribution in [0.15, 0.2) is 27.8 Å². The fraction of sp³-hybridized carbons (Fsp3) is 0.111. The molecule has 0 atom stereocenters. The molecule has 5 nitrogen and oxygen atoms in total. The van der Waals surface area contributed by atoms with Crippen LogP contribution in [0.1, 0.15) is 0 Å². The topological polar surface area (TPSA) is 80.9 Å². The number of nitrogens with zero attached hydrogens (tertiary/aromatic N) is 1. The van der Waals surface area contributed by atoms with Gasteiger partial charge in [-0.25, -0.2) is 4.79 Å². The average molecular weight is 191 g/mol. The molecule has 0 saturated heterocycles. The number of benzene rings is 1. The number of nitrogen functional groups attached to an aromatic ring is 1. The number of nitrogens with one attached hydrogen (secondary N) is 1. The number of fused-ring (bicyclic) bond motifs is 1. The quantitative estimate of drug-likeness (QED) is 0.566. The number of aromatic nitrogens is 2. The molecule has 0 radical (unpaired) electrons. The van der Waals surface area contributed by atoms with Crippen LogP contribution in [0.2, 0.25) is 0 Å². The molecule has 0 saturated carbocycles. The minimum absolute atomic E-state index is 0.356. The predicted molar refractivity (Wildman–Crippen MR) is 54.2 cm³/mol. The van der Waals surface area contributed by atoms with Crippen LogP contribution in [-0.2, 0) is 7.05 Å². The van der Waals surface area contributed by atoms with Gasteiger partial charge in [0.05, 0.1) is 10.9 Å². The maximum atomic E-state index is 11.4. The summed E-state index contributed by atoms with van der Waals surface area (Å²) in [6.07, 6.45) is 0. The molecule has 2 aromatic rings. The first-order chi connectivity index (χ1) is 6.61. The summed E-state index contributed by atoms with van der Waals surface area (Å²) in [4.78, 5) is 24.8. The minimum Gasteiger partial charge on any atom is -0.398 e. The summed E-state index contributed by atoms with van der Waals surface area (Å²) in [7, 11) is 1.58. The molecule has 72 valence electrons. The van der Waals surface area contributed by atoms with Crippen molar-refractivity contribution in [2.45, 2.75) is 0 Å². The number of hydrogen-bond donors (Lipinski definition) is 2. The Morgan fingerprint density at radius 2 is 2.07 bits per heavy atom. The lowest BCUT2D eigenvalue weighted by Gasteiger charge is -2.04. The Balaban J connectivity index is 3.18. The van der Waals surface area contributed by atoms with Gasteiger partial charge in [0.25, 0.3) is 5.56 Å². The summed E-state index contributed by atoms with van der Waals surface area (Å²) in [5.74, 6) is 0. The van der Waals surface area contributed by atoms with Crippen molar-refractivity contribution in [1.82, 2.24) is 9.55 Å². The summed E-state index contributed by atoms with van der Waals surface area (Å²) in [6.45, 7) is 0. The molecule has 0 amide bonds. The molecular weight excluding hydrogens is 182 g/mol. The lowest BCUT2D eigenvalue weighted by Crippen LogP contribution is -2.28. The zero-order chi connectivity index (χ0) is 10.3. The Morgan fingerprint density at radius 1 is 1.36 bits per heavy atom. The zero-order valence-electron chi connectivity index (χ0n) is 7.57. The van der Waals surface area contributed by atoms with Crippen LogP contribution in [-0.4, -0.2) is 9.55 Å². The van der Waals surface area contributed by atoms with Gasteiger partial charge in [-0.1, -0.05) is 6.07 Å². The summed E-state index contributed by atoms with van der Waals surface area (Å²) in [5.41, 5.74) is 5.68. The van der Waals surface area contributed by atoms with Gasteiger partial charge in [-0.15, -0.1) is 0 Å². The molecule has 1 aromatic carbocycles. The van der Waals surface area contributed by atoms with E-state index in [1.54, 1.807) is 25.2 Å². The Labute approximate surface area is 78.8 Å². The highest BCUT2D eigenvalue weighted by Crippen LogP contribution is 2.13. The number of nitrogens with two attached hydrogens (primary N) is 1. The molecule has 0 bridgehead atoms. The molecule has 1 aromatic heterocycles. The highest BCUT2D eigenvalue weighted by atomic mass is 16.2. The van der Waals surface area contributed by atoms with Crippen molar-refractivity contribution in [2.24, 2.45) is 7.05 Å². The normalized spacial score (nSPS) is 10.6. The van der Waals surface area contributed by atoms with E-state index in [2.05, 4.69) is 4.98 Å². The molecule has 0 unspecified atom stereocenters. The second-order valence-corrected chi connectivity index (χ2v) is 3.06. The fourth-order valence-electron chi connectivity index (χ4n) is 1.44. The van der Waals surface area contributed by atoms with Gasteiger partial charge in [-0.05, 0) is 12.1 Å².